The van der Waals surface area contributed by atoms with Crippen molar-refractivity contribution in [2.75, 3.05) is 20.2 Å². The molecule has 0 fully saturated rings. The Morgan fingerprint density at radius 3 is 2.95 bits per heavy atom. The molecule has 7 heteroatoms. The van der Waals surface area contributed by atoms with E-state index in [0.29, 0.717) is 11.0 Å². The Bertz CT molecular complexity index is 519. The van der Waals surface area contributed by atoms with Crippen LogP contribution in [0, 0.1) is 17.1 Å². The van der Waals surface area contributed by atoms with Crippen LogP contribution in [0.5, 0.6) is 5.75 Å². The van der Waals surface area contributed by atoms with Gasteiger partial charge in [-0.25, -0.2) is 4.39 Å². The zero-order chi connectivity index (χ0) is 14.4. The van der Waals surface area contributed by atoms with Gasteiger partial charge in [0.15, 0.2) is 6.61 Å². The topological polar surface area (TPSA) is 53.3 Å². The first-order valence-corrected chi connectivity index (χ1v) is 6.51. The molecule has 4 nitrogen and oxygen atoms in total. The summed E-state index contributed by atoms with van der Waals surface area (Å²) in [4.78, 5) is 13.0. The maximum Gasteiger partial charge on any atom is 0.260 e. The summed E-state index contributed by atoms with van der Waals surface area (Å²) < 4.78 is 18.9. The molecular weight excluding hydrogens is 338 g/mol. The Labute approximate surface area is 123 Å². The largest absolute Gasteiger partial charge is 0.482 e. The molecule has 0 aliphatic carbocycles. The zero-order valence-electron chi connectivity index (χ0n) is 10.1. The van der Waals surface area contributed by atoms with E-state index in [4.69, 9.17) is 21.6 Å². The van der Waals surface area contributed by atoms with Crippen LogP contribution in [0.25, 0.3) is 0 Å². The van der Waals surface area contributed by atoms with Gasteiger partial charge in [0.1, 0.15) is 11.6 Å². The van der Waals surface area contributed by atoms with E-state index in [1.807, 2.05) is 6.07 Å². The minimum Gasteiger partial charge on any atom is -0.482 e. The Kier molecular flexibility index (Phi) is 6.06. The standard InChI is InChI=1S/C12H11BrClFN2O2/c1-17(4-2-3-16)12(18)7-19-11-6-10(15)9(14)5-8(11)13/h5-6H,2,4,7H2,1H3. The highest BCUT2D eigenvalue weighted by Crippen LogP contribution is 2.30. The van der Waals surface area contributed by atoms with E-state index in [-0.39, 0.29) is 29.7 Å². The molecule has 0 aromatic heterocycles. The summed E-state index contributed by atoms with van der Waals surface area (Å²) in [5.74, 6) is -0.716. The molecule has 0 saturated heterocycles. The summed E-state index contributed by atoms with van der Waals surface area (Å²) in [5.41, 5.74) is 0. The van der Waals surface area contributed by atoms with Crippen LogP contribution in [-0.2, 0) is 4.79 Å². The first kappa shape index (κ1) is 15.7. The molecule has 1 amide bonds. The van der Waals surface area contributed by atoms with Crippen molar-refractivity contribution >= 4 is 33.4 Å². The summed E-state index contributed by atoms with van der Waals surface area (Å²) in [6.07, 6.45) is 0.251. The SMILES string of the molecule is CN(CCC#N)C(=O)COc1cc(F)c(Cl)cc1Br. The van der Waals surface area contributed by atoms with Gasteiger partial charge in [0.05, 0.1) is 22.0 Å². The van der Waals surface area contributed by atoms with Crippen LogP contribution in [0.2, 0.25) is 5.02 Å². The number of amides is 1. The van der Waals surface area contributed by atoms with E-state index in [1.54, 1.807) is 7.05 Å². The summed E-state index contributed by atoms with van der Waals surface area (Å²) in [6, 6.07) is 4.41. The summed E-state index contributed by atoms with van der Waals surface area (Å²) >= 11 is 8.76. The number of carbonyl (C=O) groups is 1. The lowest BCUT2D eigenvalue weighted by molar-refractivity contribution is -0.132. The average Bonchev–Trinajstić information content (AvgIpc) is 2.38. The molecule has 0 N–H and O–H groups in total. The predicted octanol–water partition coefficient (Wildman–Crippen LogP) is 2.99. The van der Waals surface area contributed by atoms with Gasteiger partial charge in [0.25, 0.3) is 5.91 Å². The predicted molar refractivity (Wildman–Crippen MR) is 72.5 cm³/mol. The number of hydrogen-bond donors (Lipinski definition) is 0. The van der Waals surface area contributed by atoms with Gasteiger partial charge < -0.3 is 9.64 Å². The maximum atomic E-state index is 13.2. The monoisotopic (exact) mass is 348 g/mol. The van der Waals surface area contributed by atoms with Crippen molar-refractivity contribution in [3.05, 3.63) is 27.4 Å². The van der Waals surface area contributed by atoms with Crippen molar-refractivity contribution in [2.24, 2.45) is 0 Å². The van der Waals surface area contributed by atoms with Crippen LogP contribution >= 0.6 is 27.5 Å². The number of hydrogen-bond acceptors (Lipinski definition) is 3. The molecule has 0 radical (unpaired) electrons. The van der Waals surface area contributed by atoms with Crippen molar-refractivity contribution in [1.29, 1.82) is 5.26 Å². The summed E-state index contributed by atoms with van der Waals surface area (Å²) in [6.45, 7) is 0.0937. The minimum atomic E-state index is -0.620. The molecule has 0 bridgehead atoms. The average molecular weight is 350 g/mol. The van der Waals surface area contributed by atoms with Crippen molar-refractivity contribution in [2.45, 2.75) is 6.42 Å². The molecule has 1 aromatic carbocycles. The second-order valence-corrected chi connectivity index (χ2v) is 4.97. The van der Waals surface area contributed by atoms with Gasteiger partial charge >= 0.3 is 0 Å². The van der Waals surface area contributed by atoms with E-state index in [0.717, 1.165) is 6.07 Å². The number of rotatable bonds is 5. The quantitative estimate of drug-likeness (QED) is 0.768. The Hall–Kier alpha value is -1.32. The van der Waals surface area contributed by atoms with Crippen LogP contribution in [0.4, 0.5) is 4.39 Å². The number of halogens is 3. The van der Waals surface area contributed by atoms with Gasteiger partial charge in [-0.2, -0.15) is 5.26 Å². The lowest BCUT2D eigenvalue weighted by atomic mass is 10.3. The highest BCUT2D eigenvalue weighted by Gasteiger charge is 2.12. The minimum absolute atomic E-state index is 0.0308. The molecule has 1 rings (SSSR count). The fourth-order valence-corrected chi connectivity index (χ4v) is 1.96. The van der Waals surface area contributed by atoms with E-state index in [1.165, 1.54) is 11.0 Å². The second kappa shape index (κ2) is 7.31. The van der Waals surface area contributed by atoms with E-state index in [9.17, 15) is 9.18 Å². The molecule has 19 heavy (non-hydrogen) atoms. The Morgan fingerprint density at radius 1 is 1.63 bits per heavy atom. The second-order valence-electron chi connectivity index (χ2n) is 3.71. The highest BCUT2D eigenvalue weighted by molar-refractivity contribution is 9.10. The fourth-order valence-electron chi connectivity index (χ4n) is 1.21. The Morgan fingerprint density at radius 2 is 2.32 bits per heavy atom. The zero-order valence-corrected chi connectivity index (χ0v) is 12.5. The molecular formula is C12H11BrClFN2O2. The summed E-state index contributed by atoms with van der Waals surface area (Å²) in [5, 5.41) is 8.39. The molecule has 0 saturated carbocycles. The van der Waals surface area contributed by atoms with Crippen LogP contribution in [0.1, 0.15) is 6.42 Å². The number of likely N-dealkylation sites (N-methyl/N-ethyl adjacent to an activating group) is 1. The third kappa shape index (κ3) is 4.69. The van der Waals surface area contributed by atoms with Crippen molar-refractivity contribution in [3.8, 4) is 11.8 Å². The van der Waals surface area contributed by atoms with Crippen LogP contribution < -0.4 is 4.74 Å². The number of ether oxygens (including phenoxy) is 1. The molecule has 0 unspecified atom stereocenters. The van der Waals surface area contributed by atoms with E-state index in [2.05, 4.69) is 15.9 Å². The van der Waals surface area contributed by atoms with E-state index >= 15 is 0 Å². The van der Waals surface area contributed by atoms with Crippen molar-refractivity contribution in [3.63, 3.8) is 0 Å². The number of nitriles is 1. The molecule has 1 aromatic rings. The third-order valence-corrected chi connectivity index (χ3v) is 3.22. The highest BCUT2D eigenvalue weighted by atomic mass is 79.9. The first-order chi connectivity index (χ1) is 8.95. The Balaban J connectivity index is 2.60. The fraction of sp³-hybridized carbons (Fsp3) is 0.333. The molecule has 0 atom stereocenters. The van der Waals surface area contributed by atoms with Gasteiger partial charge in [0, 0.05) is 19.7 Å². The smallest absolute Gasteiger partial charge is 0.260 e. The van der Waals surface area contributed by atoms with E-state index < -0.39 is 5.82 Å². The number of benzene rings is 1. The molecule has 0 spiro atoms. The van der Waals surface area contributed by atoms with Gasteiger partial charge in [-0.1, -0.05) is 11.6 Å². The normalized spacial score (nSPS) is 9.84. The van der Waals surface area contributed by atoms with Crippen molar-refractivity contribution in [1.82, 2.24) is 4.90 Å². The molecule has 102 valence electrons. The maximum absolute atomic E-state index is 13.2. The van der Waals surface area contributed by atoms with Gasteiger partial charge in [-0.3, -0.25) is 4.79 Å². The first-order valence-electron chi connectivity index (χ1n) is 5.34. The van der Waals surface area contributed by atoms with Crippen molar-refractivity contribution < 1.29 is 13.9 Å². The summed E-state index contributed by atoms with van der Waals surface area (Å²) in [7, 11) is 1.57. The lowest BCUT2D eigenvalue weighted by Crippen LogP contribution is -2.32. The number of carbonyl (C=O) groups excluding carboxylic acids is 1. The van der Waals surface area contributed by atoms with Crippen LogP contribution in [-0.4, -0.2) is 31.0 Å². The third-order valence-electron chi connectivity index (χ3n) is 2.31. The molecule has 0 aliphatic rings. The van der Waals surface area contributed by atoms with Crippen LogP contribution in [0.15, 0.2) is 16.6 Å². The van der Waals surface area contributed by atoms with Gasteiger partial charge in [-0.15, -0.1) is 0 Å². The number of nitrogens with zero attached hydrogens (tertiary/aromatic N) is 2. The lowest BCUT2D eigenvalue weighted by Gasteiger charge is -2.16. The van der Waals surface area contributed by atoms with Gasteiger partial charge in [0.2, 0.25) is 0 Å². The molecule has 0 heterocycles. The molecule has 0 aliphatic heterocycles. The van der Waals surface area contributed by atoms with Crippen LogP contribution in [0.3, 0.4) is 0 Å². The van der Waals surface area contributed by atoms with Gasteiger partial charge in [-0.05, 0) is 22.0 Å².